The molecule has 1 saturated heterocycles. The molecule has 150 valence electrons. The number of hydrogen-bond acceptors (Lipinski definition) is 3. The van der Waals surface area contributed by atoms with E-state index in [1.807, 2.05) is 30.3 Å². The van der Waals surface area contributed by atoms with Crippen LogP contribution in [0.1, 0.15) is 29.8 Å². The van der Waals surface area contributed by atoms with Gasteiger partial charge >= 0.3 is 6.18 Å². The summed E-state index contributed by atoms with van der Waals surface area (Å²) in [5, 5.41) is 3.79. The first-order valence-corrected chi connectivity index (χ1v) is 9.67. The van der Waals surface area contributed by atoms with Crippen molar-refractivity contribution >= 4 is 11.6 Å². The summed E-state index contributed by atoms with van der Waals surface area (Å²) in [6.45, 7) is 2.41. The van der Waals surface area contributed by atoms with Crippen molar-refractivity contribution < 1.29 is 18.0 Å². The molecular formula is C20H23F3N4O. The number of alkyl halides is 3. The van der Waals surface area contributed by atoms with E-state index in [9.17, 15) is 18.0 Å². The number of rotatable bonds is 3. The number of aromatic nitrogens is 2. The van der Waals surface area contributed by atoms with Gasteiger partial charge in [0.1, 0.15) is 6.54 Å². The molecule has 0 saturated carbocycles. The number of amides is 1. The summed E-state index contributed by atoms with van der Waals surface area (Å²) < 4.78 is 41.2. The van der Waals surface area contributed by atoms with E-state index in [2.05, 4.69) is 10.00 Å². The summed E-state index contributed by atoms with van der Waals surface area (Å²) in [6.07, 6.45) is -1.98. The van der Waals surface area contributed by atoms with Gasteiger partial charge in [0.2, 0.25) is 5.91 Å². The first kappa shape index (κ1) is 18.8. The van der Waals surface area contributed by atoms with E-state index in [1.54, 1.807) is 4.90 Å². The minimum Gasteiger partial charge on any atom is -0.368 e. The summed E-state index contributed by atoms with van der Waals surface area (Å²) in [7, 11) is 0. The number of carbonyl (C=O) groups excluding carboxylic acids is 1. The average molecular weight is 392 g/mol. The standard InChI is InChI=1S/C20H23F3N4O/c21-20(22,23)19-16-8-4-5-9-17(16)27(24-19)14-18(28)26-12-10-25(11-13-26)15-6-2-1-3-7-15/h1-3,6-7H,4-5,8-14H2. The van der Waals surface area contributed by atoms with E-state index in [4.69, 9.17) is 0 Å². The van der Waals surface area contributed by atoms with E-state index in [0.29, 0.717) is 44.7 Å². The Morgan fingerprint density at radius 2 is 1.68 bits per heavy atom. The highest BCUT2D eigenvalue weighted by Gasteiger charge is 2.39. The van der Waals surface area contributed by atoms with E-state index in [-0.39, 0.29) is 18.0 Å². The molecule has 1 amide bonds. The zero-order valence-electron chi connectivity index (χ0n) is 15.6. The van der Waals surface area contributed by atoms with Crippen molar-refractivity contribution in [3.8, 4) is 0 Å². The highest BCUT2D eigenvalue weighted by atomic mass is 19.4. The molecule has 0 bridgehead atoms. The lowest BCUT2D eigenvalue weighted by molar-refractivity contribution is -0.142. The summed E-state index contributed by atoms with van der Waals surface area (Å²) in [5.74, 6) is -0.169. The predicted octanol–water partition coefficient (Wildman–Crippen LogP) is 3.13. The van der Waals surface area contributed by atoms with Crippen molar-refractivity contribution in [2.24, 2.45) is 0 Å². The normalized spacial score (nSPS) is 17.5. The SMILES string of the molecule is O=C(Cn1nc(C(F)(F)F)c2c1CCCC2)N1CCN(c2ccccc2)CC1. The fraction of sp³-hybridized carbons (Fsp3) is 0.500. The number of fused-ring (bicyclic) bond motifs is 1. The van der Waals surface area contributed by atoms with E-state index < -0.39 is 11.9 Å². The molecule has 1 aliphatic heterocycles. The number of piperazine rings is 1. The third-order valence-electron chi connectivity index (χ3n) is 5.56. The molecule has 4 rings (SSSR count). The van der Waals surface area contributed by atoms with Gasteiger partial charge in [-0.05, 0) is 37.8 Å². The molecule has 1 fully saturated rings. The van der Waals surface area contributed by atoms with Gasteiger partial charge in [-0.15, -0.1) is 0 Å². The third kappa shape index (κ3) is 3.72. The topological polar surface area (TPSA) is 41.4 Å². The smallest absolute Gasteiger partial charge is 0.368 e. The number of para-hydroxylation sites is 1. The zero-order valence-corrected chi connectivity index (χ0v) is 15.6. The Hall–Kier alpha value is -2.51. The summed E-state index contributed by atoms with van der Waals surface area (Å²) in [4.78, 5) is 16.7. The van der Waals surface area contributed by atoms with E-state index in [1.165, 1.54) is 4.68 Å². The molecule has 2 aromatic rings. The van der Waals surface area contributed by atoms with Crippen molar-refractivity contribution in [1.82, 2.24) is 14.7 Å². The van der Waals surface area contributed by atoms with Gasteiger partial charge in [0, 0.05) is 43.1 Å². The Labute approximate surface area is 161 Å². The maximum atomic E-state index is 13.3. The molecule has 0 atom stereocenters. The molecule has 2 heterocycles. The first-order chi connectivity index (χ1) is 13.4. The lowest BCUT2D eigenvalue weighted by Crippen LogP contribution is -2.49. The molecule has 1 aromatic carbocycles. The van der Waals surface area contributed by atoms with Gasteiger partial charge in [-0.2, -0.15) is 18.3 Å². The number of halogens is 3. The molecular weight excluding hydrogens is 369 g/mol. The van der Waals surface area contributed by atoms with Crippen LogP contribution in [0.15, 0.2) is 30.3 Å². The second kappa shape index (κ2) is 7.48. The van der Waals surface area contributed by atoms with Crippen molar-refractivity contribution in [1.29, 1.82) is 0 Å². The lowest BCUT2D eigenvalue weighted by Gasteiger charge is -2.36. The van der Waals surface area contributed by atoms with Crippen LogP contribution in [0.25, 0.3) is 0 Å². The van der Waals surface area contributed by atoms with Crippen molar-refractivity contribution in [2.75, 3.05) is 31.1 Å². The third-order valence-corrected chi connectivity index (χ3v) is 5.56. The van der Waals surface area contributed by atoms with Gasteiger partial charge in [-0.3, -0.25) is 9.48 Å². The van der Waals surface area contributed by atoms with Gasteiger partial charge in [0.25, 0.3) is 0 Å². The minimum atomic E-state index is -4.48. The van der Waals surface area contributed by atoms with Crippen LogP contribution in [0, 0.1) is 0 Å². The second-order valence-corrected chi connectivity index (χ2v) is 7.34. The second-order valence-electron chi connectivity index (χ2n) is 7.34. The quantitative estimate of drug-likeness (QED) is 0.806. The largest absolute Gasteiger partial charge is 0.435 e. The predicted molar refractivity (Wildman–Crippen MR) is 99.1 cm³/mol. The van der Waals surface area contributed by atoms with Crippen LogP contribution in [-0.4, -0.2) is 46.8 Å². The Morgan fingerprint density at radius 3 is 2.36 bits per heavy atom. The Morgan fingerprint density at radius 1 is 1.00 bits per heavy atom. The van der Waals surface area contributed by atoms with Crippen LogP contribution >= 0.6 is 0 Å². The highest BCUT2D eigenvalue weighted by molar-refractivity contribution is 5.76. The highest BCUT2D eigenvalue weighted by Crippen LogP contribution is 2.35. The van der Waals surface area contributed by atoms with Crippen LogP contribution in [0.5, 0.6) is 0 Å². The molecule has 0 N–H and O–H groups in total. The molecule has 0 unspecified atom stereocenters. The zero-order chi connectivity index (χ0) is 19.7. The minimum absolute atomic E-state index is 0.121. The fourth-order valence-corrected chi connectivity index (χ4v) is 4.11. The summed E-state index contributed by atoms with van der Waals surface area (Å²) >= 11 is 0. The van der Waals surface area contributed by atoms with Crippen LogP contribution < -0.4 is 4.90 Å². The van der Waals surface area contributed by atoms with Gasteiger partial charge in [-0.25, -0.2) is 0 Å². The fourth-order valence-electron chi connectivity index (χ4n) is 4.11. The summed E-state index contributed by atoms with van der Waals surface area (Å²) in [6, 6.07) is 9.99. The number of anilines is 1. The van der Waals surface area contributed by atoms with Crippen LogP contribution in [0.2, 0.25) is 0 Å². The van der Waals surface area contributed by atoms with Gasteiger partial charge in [0.05, 0.1) is 0 Å². The molecule has 2 aliphatic rings. The maximum absolute atomic E-state index is 13.3. The lowest BCUT2D eigenvalue weighted by atomic mass is 9.95. The average Bonchev–Trinajstić information content (AvgIpc) is 3.08. The summed E-state index contributed by atoms with van der Waals surface area (Å²) in [5.41, 5.74) is 1.16. The molecule has 8 heteroatoms. The van der Waals surface area contributed by atoms with Gasteiger partial charge in [0.15, 0.2) is 5.69 Å². The number of benzene rings is 1. The van der Waals surface area contributed by atoms with Gasteiger partial charge in [-0.1, -0.05) is 18.2 Å². The Bertz CT molecular complexity index is 839. The number of hydrogen-bond donors (Lipinski definition) is 0. The monoisotopic (exact) mass is 392 g/mol. The molecule has 5 nitrogen and oxygen atoms in total. The Kier molecular flexibility index (Phi) is 5.03. The maximum Gasteiger partial charge on any atom is 0.435 e. The van der Waals surface area contributed by atoms with Crippen LogP contribution in [0.4, 0.5) is 18.9 Å². The van der Waals surface area contributed by atoms with Crippen molar-refractivity contribution in [3.05, 3.63) is 47.3 Å². The first-order valence-electron chi connectivity index (χ1n) is 9.67. The molecule has 1 aliphatic carbocycles. The number of nitrogens with zero attached hydrogens (tertiary/aromatic N) is 4. The molecule has 28 heavy (non-hydrogen) atoms. The van der Waals surface area contributed by atoms with Crippen LogP contribution in [0.3, 0.4) is 0 Å². The van der Waals surface area contributed by atoms with E-state index >= 15 is 0 Å². The number of carbonyl (C=O) groups is 1. The molecule has 0 spiro atoms. The van der Waals surface area contributed by atoms with E-state index in [0.717, 1.165) is 18.5 Å². The van der Waals surface area contributed by atoms with Crippen LogP contribution in [-0.2, 0) is 30.4 Å². The van der Waals surface area contributed by atoms with Gasteiger partial charge < -0.3 is 9.80 Å². The molecule has 1 aromatic heterocycles. The molecule has 0 radical (unpaired) electrons. The Balaban J connectivity index is 1.44. The van der Waals surface area contributed by atoms with Crippen molar-refractivity contribution in [2.45, 2.75) is 38.4 Å². The van der Waals surface area contributed by atoms with Crippen molar-refractivity contribution in [3.63, 3.8) is 0 Å².